The second kappa shape index (κ2) is 7.84. The lowest BCUT2D eigenvalue weighted by Gasteiger charge is -2.37. The molecule has 1 aliphatic carbocycles. The normalized spacial score (nSPS) is 19.8. The number of ether oxygens (including phenoxy) is 1. The maximum Gasteiger partial charge on any atom is 0.233 e. The van der Waals surface area contributed by atoms with Crippen LogP contribution in [0.4, 0.5) is 0 Å². The molecule has 0 bridgehead atoms. The molecular weight excluding hydrogens is 388 g/mol. The fraction of sp³-hybridized carbons (Fsp3) is 0.400. The van der Waals surface area contributed by atoms with Crippen molar-refractivity contribution in [2.24, 2.45) is 0 Å². The number of aromatic nitrogens is 3. The Hall–Kier alpha value is -3.15. The zero-order valence-electron chi connectivity index (χ0n) is 18.1. The lowest BCUT2D eigenvalue weighted by molar-refractivity contribution is -0.135. The van der Waals surface area contributed by atoms with Gasteiger partial charge in [-0.3, -0.25) is 9.78 Å². The molecule has 2 aliphatic rings. The molecule has 2 aromatic heterocycles. The minimum atomic E-state index is -0.357. The molecule has 0 N–H and O–H groups in total. The number of piperidine rings is 1. The highest BCUT2D eigenvalue weighted by atomic mass is 16.5. The van der Waals surface area contributed by atoms with Gasteiger partial charge in [0.1, 0.15) is 11.6 Å². The third kappa shape index (κ3) is 3.50. The van der Waals surface area contributed by atoms with Crippen molar-refractivity contribution < 1.29 is 9.53 Å². The van der Waals surface area contributed by atoms with E-state index in [0.29, 0.717) is 0 Å². The van der Waals surface area contributed by atoms with E-state index in [1.807, 2.05) is 48.8 Å². The van der Waals surface area contributed by atoms with Crippen molar-refractivity contribution in [3.8, 4) is 17.1 Å². The number of likely N-dealkylation sites (tertiary alicyclic amines) is 1. The molecule has 1 aliphatic heterocycles. The zero-order chi connectivity index (χ0) is 21.4. The van der Waals surface area contributed by atoms with Gasteiger partial charge in [-0.15, -0.1) is 0 Å². The van der Waals surface area contributed by atoms with Gasteiger partial charge in [-0.05, 0) is 62.4 Å². The summed E-state index contributed by atoms with van der Waals surface area (Å²) in [6.45, 7) is 3.64. The number of rotatable bonds is 5. The standard InChI is InChI=1S/C25H28N4O2/c1-18-15-27-23(19-5-3-13-26-16-19)29(18)21-6-4-14-28(17-21)24(30)25(11-12-25)20-7-9-22(31-2)10-8-20/h3,5,7-10,13,15-16,21H,4,6,11-12,14,17H2,1-2H3. The van der Waals surface area contributed by atoms with Gasteiger partial charge in [0, 0.05) is 42.9 Å². The first kappa shape index (κ1) is 19.8. The van der Waals surface area contributed by atoms with Crippen LogP contribution in [0.5, 0.6) is 5.75 Å². The van der Waals surface area contributed by atoms with Crippen LogP contribution in [-0.2, 0) is 10.2 Å². The topological polar surface area (TPSA) is 60.2 Å². The first-order chi connectivity index (χ1) is 15.1. The van der Waals surface area contributed by atoms with Crippen LogP contribution in [0.1, 0.15) is 43.0 Å². The maximum absolute atomic E-state index is 13.7. The molecule has 0 radical (unpaired) electrons. The van der Waals surface area contributed by atoms with Gasteiger partial charge in [0.05, 0.1) is 18.6 Å². The molecule has 1 saturated carbocycles. The van der Waals surface area contributed by atoms with Crippen LogP contribution in [0.25, 0.3) is 11.4 Å². The number of pyridine rings is 1. The quantitative estimate of drug-likeness (QED) is 0.627. The first-order valence-electron chi connectivity index (χ1n) is 11.0. The van der Waals surface area contributed by atoms with E-state index in [1.54, 1.807) is 13.3 Å². The second-order valence-electron chi connectivity index (χ2n) is 8.69. The monoisotopic (exact) mass is 416 g/mol. The number of hydrogen-bond donors (Lipinski definition) is 0. The number of aryl methyl sites for hydroxylation is 1. The van der Waals surface area contributed by atoms with Crippen molar-refractivity contribution in [3.05, 3.63) is 66.2 Å². The highest BCUT2D eigenvalue weighted by molar-refractivity contribution is 5.91. The van der Waals surface area contributed by atoms with Crippen LogP contribution in [0.15, 0.2) is 55.0 Å². The molecular formula is C25H28N4O2. The number of hydrogen-bond acceptors (Lipinski definition) is 4. The molecule has 6 nitrogen and oxygen atoms in total. The molecule has 1 saturated heterocycles. The summed E-state index contributed by atoms with van der Waals surface area (Å²) in [7, 11) is 1.67. The number of amides is 1. The van der Waals surface area contributed by atoms with Crippen LogP contribution in [0, 0.1) is 6.92 Å². The molecule has 3 aromatic rings. The minimum absolute atomic E-state index is 0.224. The Kier molecular flexibility index (Phi) is 5.00. The summed E-state index contributed by atoms with van der Waals surface area (Å²) < 4.78 is 7.58. The van der Waals surface area contributed by atoms with Gasteiger partial charge >= 0.3 is 0 Å². The minimum Gasteiger partial charge on any atom is -0.497 e. The van der Waals surface area contributed by atoms with E-state index >= 15 is 0 Å². The molecule has 1 aromatic carbocycles. The van der Waals surface area contributed by atoms with E-state index in [1.165, 1.54) is 0 Å². The molecule has 2 fully saturated rings. The summed E-state index contributed by atoms with van der Waals surface area (Å²) in [5.74, 6) is 2.02. The molecule has 3 heterocycles. The van der Waals surface area contributed by atoms with Gasteiger partial charge in [-0.2, -0.15) is 0 Å². The molecule has 31 heavy (non-hydrogen) atoms. The van der Waals surface area contributed by atoms with E-state index in [2.05, 4.69) is 26.4 Å². The number of carbonyl (C=O) groups is 1. The smallest absolute Gasteiger partial charge is 0.233 e. The van der Waals surface area contributed by atoms with Crippen molar-refractivity contribution >= 4 is 5.91 Å². The Balaban J connectivity index is 1.39. The third-order valence-electron chi connectivity index (χ3n) is 6.75. The number of nitrogens with zero attached hydrogens (tertiary/aromatic N) is 4. The summed E-state index contributed by atoms with van der Waals surface area (Å²) in [4.78, 5) is 24.7. The summed E-state index contributed by atoms with van der Waals surface area (Å²) in [6.07, 6.45) is 9.44. The average Bonchev–Trinajstić information content (AvgIpc) is 3.55. The average molecular weight is 417 g/mol. The van der Waals surface area contributed by atoms with Gasteiger partial charge in [0.25, 0.3) is 0 Å². The van der Waals surface area contributed by atoms with Gasteiger partial charge in [0.2, 0.25) is 5.91 Å². The van der Waals surface area contributed by atoms with E-state index in [-0.39, 0.29) is 17.4 Å². The van der Waals surface area contributed by atoms with Crippen molar-refractivity contribution in [3.63, 3.8) is 0 Å². The van der Waals surface area contributed by atoms with Crippen molar-refractivity contribution in [1.82, 2.24) is 19.4 Å². The van der Waals surface area contributed by atoms with Crippen LogP contribution < -0.4 is 4.74 Å². The number of imidazole rings is 1. The third-order valence-corrected chi connectivity index (χ3v) is 6.75. The van der Waals surface area contributed by atoms with Crippen LogP contribution >= 0.6 is 0 Å². The van der Waals surface area contributed by atoms with Crippen molar-refractivity contribution in [2.45, 2.75) is 44.1 Å². The molecule has 6 heteroatoms. The van der Waals surface area contributed by atoms with Crippen LogP contribution in [0.3, 0.4) is 0 Å². The summed E-state index contributed by atoms with van der Waals surface area (Å²) in [6, 6.07) is 12.2. The summed E-state index contributed by atoms with van der Waals surface area (Å²) >= 11 is 0. The van der Waals surface area contributed by atoms with Gasteiger partial charge in [0.15, 0.2) is 0 Å². The predicted molar refractivity (Wildman–Crippen MR) is 119 cm³/mol. The summed E-state index contributed by atoms with van der Waals surface area (Å²) in [5, 5.41) is 0. The fourth-order valence-electron chi connectivity index (χ4n) is 4.93. The molecule has 0 spiro atoms. The Labute approximate surface area is 182 Å². The van der Waals surface area contributed by atoms with E-state index < -0.39 is 0 Å². The molecule has 5 rings (SSSR count). The van der Waals surface area contributed by atoms with Gasteiger partial charge in [-0.25, -0.2) is 4.98 Å². The molecule has 1 unspecified atom stereocenters. The number of methoxy groups -OCH3 is 1. The Morgan fingerprint density at radius 2 is 1.97 bits per heavy atom. The number of carbonyl (C=O) groups excluding carboxylic acids is 1. The predicted octanol–water partition coefficient (Wildman–Crippen LogP) is 4.16. The van der Waals surface area contributed by atoms with Crippen molar-refractivity contribution in [1.29, 1.82) is 0 Å². The largest absolute Gasteiger partial charge is 0.497 e. The highest BCUT2D eigenvalue weighted by Crippen LogP contribution is 2.50. The lowest BCUT2D eigenvalue weighted by Crippen LogP contribution is -2.45. The van der Waals surface area contributed by atoms with Gasteiger partial charge < -0.3 is 14.2 Å². The Bertz CT molecular complexity index is 1070. The van der Waals surface area contributed by atoms with E-state index in [0.717, 1.165) is 67.2 Å². The SMILES string of the molecule is COc1ccc(C2(C(=O)N3CCCC(n4c(C)cnc4-c4cccnc4)C3)CC2)cc1. The van der Waals surface area contributed by atoms with Crippen LogP contribution in [-0.4, -0.2) is 45.5 Å². The van der Waals surface area contributed by atoms with Gasteiger partial charge in [-0.1, -0.05) is 12.1 Å². The van der Waals surface area contributed by atoms with Crippen LogP contribution in [0.2, 0.25) is 0 Å². The molecule has 1 atom stereocenters. The highest BCUT2D eigenvalue weighted by Gasteiger charge is 2.53. The second-order valence-corrected chi connectivity index (χ2v) is 8.69. The first-order valence-corrected chi connectivity index (χ1v) is 11.0. The molecule has 160 valence electrons. The maximum atomic E-state index is 13.7. The van der Waals surface area contributed by atoms with E-state index in [9.17, 15) is 4.79 Å². The number of benzene rings is 1. The fourth-order valence-corrected chi connectivity index (χ4v) is 4.93. The van der Waals surface area contributed by atoms with Crippen molar-refractivity contribution in [2.75, 3.05) is 20.2 Å². The lowest BCUT2D eigenvalue weighted by atomic mass is 9.92. The Morgan fingerprint density at radius 1 is 1.16 bits per heavy atom. The Morgan fingerprint density at radius 3 is 2.65 bits per heavy atom. The summed E-state index contributed by atoms with van der Waals surface area (Å²) in [5.41, 5.74) is 2.88. The zero-order valence-corrected chi connectivity index (χ0v) is 18.1. The molecule has 1 amide bonds. The van der Waals surface area contributed by atoms with E-state index in [4.69, 9.17) is 4.74 Å².